The Bertz CT molecular complexity index is 271. The molecule has 2 rings (SSSR count). The second-order valence-electron chi connectivity index (χ2n) is 4.17. The number of nitrogens with zero attached hydrogens (tertiary/aromatic N) is 1. The van der Waals surface area contributed by atoms with E-state index in [2.05, 4.69) is 11.1 Å². The molecule has 1 aliphatic carbocycles. The van der Waals surface area contributed by atoms with Gasteiger partial charge in [0.2, 0.25) is 0 Å². The molecule has 1 fully saturated rings. The molecular weight excluding hydrogens is 172 g/mol. The molecule has 0 bridgehead atoms. The zero-order valence-corrected chi connectivity index (χ0v) is 8.52. The quantitative estimate of drug-likeness (QED) is 0.777. The van der Waals surface area contributed by atoms with Crippen molar-refractivity contribution >= 4 is 0 Å². The molecule has 1 aromatic heterocycles. The van der Waals surface area contributed by atoms with E-state index in [0.29, 0.717) is 11.8 Å². The van der Waals surface area contributed by atoms with Crippen LogP contribution in [0.15, 0.2) is 24.5 Å². The van der Waals surface area contributed by atoms with Gasteiger partial charge in [-0.25, -0.2) is 0 Å². The lowest BCUT2D eigenvalue weighted by Gasteiger charge is -2.30. The summed E-state index contributed by atoms with van der Waals surface area (Å²) in [4.78, 5) is 4.19. The van der Waals surface area contributed by atoms with Crippen LogP contribution in [0.5, 0.6) is 0 Å². The number of pyridine rings is 1. The predicted octanol–water partition coefficient (Wildman–Crippen LogP) is 2.31. The highest BCUT2D eigenvalue weighted by molar-refractivity contribution is 5.16. The SMILES string of the molecule is NCC1CCCCC1c1cccnc1. The van der Waals surface area contributed by atoms with Crippen LogP contribution in [0.3, 0.4) is 0 Å². The summed E-state index contributed by atoms with van der Waals surface area (Å²) in [6.45, 7) is 0.819. The minimum atomic E-state index is 0.655. The van der Waals surface area contributed by atoms with Crippen molar-refractivity contribution in [3.05, 3.63) is 30.1 Å². The molecule has 1 aliphatic rings. The number of aromatic nitrogens is 1. The molecule has 14 heavy (non-hydrogen) atoms. The van der Waals surface area contributed by atoms with Crippen molar-refractivity contribution in [2.45, 2.75) is 31.6 Å². The molecule has 0 amide bonds. The molecule has 2 nitrogen and oxygen atoms in total. The maximum atomic E-state index is 5.81. The first kappa shape index (κ1) is 9.66. The summed E-state index contributed by atoms with van der Waals surface area (Å²) < 4.78 is 0. The Morgan fingerprint density at radius 3 is 2.93 bits per heavy atom. The van der Waals surface area contributed by atoms with Gasteiger partial charge in [-0.3, -0.25) is 4.98 Å². The third-order valence-corrected chi connectivity index (χ3v) is 3.32. The van der Waals surface area contributed by atoms with Gasteiger partial charge in [-0.05, 0) is 42.9 Å². The number of rotatable bonds is 2. The Labute approximate surface area is 85.5 Å². The molecule has 2 atom stereocenters. The normalized spacial score (nSPS) is 27.5. The Kier molecular flexibility index (Phi) is 3.14. The second-order valence-corrected chi connectivity index (χ2v) is 4.17. The van der Waals surface area contributed by atoms with E-state index in [9.17, 15) is 0 Å². The Morgan fingerprint density at radius 1 is 1.36 bits per heavy atom. The average molecular weight is 190 g/mol. The van der Waals surface area contributed by atoms with Gasteiger partial charge in [0.1, 0.15) is 0 Å². The number of hydrogen-bond donors (Lipinski definition) is 1. The first-order valence-electron chi connectivity index (χ1n) is 5.52. The standard InChI is InChI=1S/C12H18N2/c13-8-10-4-1-2-6-12(10)11-5-3-7-14-9-11/h3,5,7,9-10,12H,1-2,4,6,8,13H2. The molecule has 0 aliphatic heterocycles. The van der Waals surface area contributed by atoms with Gasteiger partial charge >= 0.3 is 0 Å². The van der Waals surface area contributed by atoms with Gasteiger partial charge in [-0.2, -0.15) is 0 Å². The lowest BCUT2D eigenvalue weighted by Crippen LogP contribution is -2.25. The number of hydrogen-bond acceptors (Lipinski definition) is 2. The summed E-state index contributed by atoms with van der Waals surface area (Å²) in [6.07, 6.45) is 9.10. The van der Waals surface area contributed by atoms with Crippen molar-refractivity contribution < 1.29 is 0 Å². The van der Waals surface area contributed by atoms with Gasteiger partial charge in [-0.15, -0.1) is 0 Å². The Hall–Kier alpha value is -0.890. The minimum Gasteiger partial charge on any atom is -0.330 e. The van der Waals surface area contributed by atoms with E-state index in [1.54, 1.807) is 0 Å². The van der Waals surface area contributed by atoms with Crippen molar-refractivity contribution in [2.24, 2.45) is 11.7 Å². The molecule has 2 N–H and O–H groups in total. The first-order valence-corrected chi connectivity index (χ1v) is 5.52. The van der Waals surface area contributed by atoms with Gasteiger partial charge in [-0.1, -0.05) is 18.9 Å². The highest BCUT2D eigenvalue weighted by Gasteiger charge is 2.25. The topological polar surface area (TPSA) is 38.9 Å². The maximum Gasteiger partial charge on any atom is 0.0302 e. The summed E-state index contributed by atoms with van der Waals surface area (Å²) >= 11 is 0. The van der Waals surface area contributed by atoms with Crippen LogP contribution < -0.4 is 5.73 Å². The predicted molar refractivity (Wildman–Crippen MR) is 58.0 cm³/mol. The largest absolute Gasteiger partial charge is 0.330 e. The van der Waals surface area contributed by atoms with Gasteiger partial charge < -0.3 is 5.73 Å². The Morgan fingerprint density at radius 2 is 2.21 bits per heavy atom. The fourth-order valence-electron chi connectivity index (χ4n) is 2.52. The van der Waals surface area contributed by atoms with Gasteiger partial charge in [0.05, 0.1) is 0 Å². The van der Waals surface area contributed by atoms with Gasteiger partial charge in [0, 0.05) is 12.4 Å². The lowest BCUT2D eigenvalue weighted by atomic mass is 9.76. The van der Waals surface area contributed by atoms with Crippen molar-refractivity contribution in [3.8, 4) is 0 Å². The Balaban J connectivity index is 2.15. The van der Waals surface area contributed by atoms with E-state index in [1.807, 2.05) is 18.5 Å². The smallest absolute Gasteiger partial charge is 0.0302 e. The van der Waals surface area contributed by atoms with Crippen LogP contribution in [0.1, 0.15) is 37.2 Å². The summed E-state index contributed by atoms with van der Waals surface area (Å²) in [5.74, 6) is 1.33. The second kappa shape index (κ2) is 4.56. The van der Waals surface area contributed by atoms with E-state index in [1.165, 1.54) is 31.2 Å². The molecule has 1 heterocycles. The van der Waals surface area contributed by atoms with Crippen LogP contribution in [0.4, 0.5) is 0 Å². The van der Waals surface area contributed by atoms with Crippen molar-refractivity contribution in [1.29, 1.82) is 0 Å². The van der Waals surface area contributed by atoms with E-state index < -0.39 is 0 Å². The van der Waals surface area contributed by atoms with E-state index in [4.69, 9.17) is 5.73 Å². The van der Waals surface area contributed by atoms with E-state index in [0.717, 1.165) is 6.54 Å². The first-order chi connectivity index (χ1) is 6.92. The van der Waals surface area contributed by atoms with Crippen LogP contribution in [0, 0.1) is 5.92 Å². The highest BCUT2D eigenvalue weighted by atomic mass is 14.6. The fourth-order valence-corrected chi connectivity index (χ4v) is 2.52. The monoisotopic (exact) mass is 190 g/mol. The van der Waals surface area contributed by atoms with E-state index >= 15 is 0 Å². The third-order valence-electron chi connectivity index (χ3n) is 3.32. The third kappa shape index (κ3) is 1.95. The van der Waals surface area contributed by atoms with Crippen molar-refractivity contribution in [1.82, 2.24) is 4.98 Å². The zero-order valence-electron chi connectivity index (χ0n) is 8.52. The molecule has 2 unspecified atom stereocenters. The van der Waals surface area contributed by atoms with Gasteiger partial charge in [0.15, 0.2) is 0 Å². The summed E-state index contributed by atoms with van der Waals surface area (Å²) in [5, 5.41) is 0. The molecule has 0 aromatic carbocycles. The highest BCUT2D eigenvalue weighted by Crippen LogP contribution is 2.36. The van der Waals surface area contributed by atoms with Crippen molar-refractivity contribution in [2.75, 3.05) is 6.54 Å². The molecular formula is C12H18N2. The number of nitrogens with two attached hydrogens (primary N) is 1. The van der Waals surface area contributed by atoms with Gasteiger partial charge in [0.25, 0.3) is 0 Å². The molecule has 0 radical (unpaired) electrons. The van der Waals surface area contributed by atoms with Crippen molar-refractivity contribution in [3.63, 3.8) is 0 Å². The van der Waals surface area contributed by atoms with Crippen LogP contribution in [-0.4, -0.2) is 11.5 Å². The molecule has 76 valence electrons. The van der Waals surface area contributed by atoms with Crippen LogP contribution in [0.2, 0.25) is 0 Å². The molecule has 0 spiro atoms. The minimum absolute atomic E-state index is 0.655. The summed E-state index contributed by atoms with van der Waals surface area (Å²) in [7, 11) is 0. The van der Waals surface area contributed by atoms with Crippen LogP contribution in [-0.2, 0) is 0 Å². The molecule has 2 heteroatoms. The van der Waals surface area contributed by atoms with Crippen LogP contribution >= 0.6 is 0 Å². The van der Waals surface area contributed by atoms with Crippen LogP contribution in [0.25, 0.3) is 0 Å². The zero-order chi connectivity index (χ0) is 9.80. The molecule has 1 saturated carbocycles. The lowest BCUT2D eigenvalue weighted by molar-refractivity contribution is 0.314. The van der Waals surface area contributed by atoms with E-state index in [-0.39, 0.29) is 0 Å². The average Bonchev–Trinajstić information content (AvgIpc) is 2.30. The summed E-state index contributed by atoms with van der Waals surface area (Å²) in [6, 6.07) is 4.21. The molecule has 1 aromatic rings. The maximum absolute atomic E-state index is 5.81. The fraction of sp³-hybridized carbons (Fsp3) is 0.583. The summed E-state index contributed by atoms with van der Waals surface area (Å²) in [5.41, 5.74) is 7.19. The molecule has 0 saturated heterocycles.